The summed E-state index contributed by atoms with van der Waals surface area (Å²) in [5.41, 5.74) is 3.22. The summed E-state index contributed by atoms with van der Waals surface area (Å²) in [6, 6.07) is 0. The molecule has 3 heterocycles. The summed E-state index contributed by atoms with van der Waals surface area (Å²) >= 11 is 3.48. The summed E-state index contributed by atoms with van der Waals surface area (Å²) in [5, 5.41) is 4.61. The minimum atomic E-state index is -0.403. The summed E-state index contributed by atoms with van der Waals surface area (Å²) in [6.07, 6.45) is 0.802. The number of nitrogens with one attached hydrogen (secondary N) is 2. The maximum Gasteiger partial charge on any atom is 0.258 e. The van der Waals surface area contributed by atoms with Crippen molar-refractivity contribution in [3.05, 3.63) is 10.2 Å². The van der Waals surface area contributed by atoms with Crippen LogP contribution in [0.1, 0.15) is 55.4 Å². The van der Waals surface area contributed by atoms with Gasteiger partial charge in [-0.1, -0.05) is 41.5 Å². The third-order valence-electron chi connectivity index (χ3n) is 7.60. The first-order valence-electron chi connectivity index (χ1n) is 8.71. The smallest absolute Gasteiger partial charge is 0.258 e. The minimum Gasteiger partial charge on any atom is -0.354 e. The van der Waals surface area contributed by atoms with E-state index in [2.05, 4.69) is 87.1 Å². The van der Waals surface area contributed by atoms with E-state index in [0.717, 1.165) is 0 Å². The van der Waals surface area contributed by atoms with E-state index in [-0.39, 0.29) is 34.0 Å². The largest absolute Gasteiger partial charge is 0.354 e. The predicted octanol–water partition coefficient (Wildman–Crippen LogP) is 3.11. The molecule has 3 aliphatic heterocycles. The SMILES string of the molecule is CC1(C)O[C@@H](N2NC(Br)=C3C(=O)NC=N[C@@H]32)C(C)(C)C(C)(C)C1(C)C. The van der Waals surface area contributed by atoms with E-state index >= 15 is 0 Å². The van der Waals surface area contributed by atoms with Gasteiger partial charge in [0, 0.05) is 5.41 Å². The molecule has 0 aromatic carbocycles. The molecular formula is C18H29BrN4O2. The Morgan fingerprint density at radius 2 is 1.72 bits per heavy atom. The Labute approximate surface area is 158 Å². The molecule has 0 aliphatic carbocycles. The molecule has 0 aromatic rings. The van der Waals surface area contributed by atoms with Crippen LogP contribution in [0, 0.1) is 16.2 Å². The Morgan fingerprint density at radius 3 is 2.32 bits per heavy atom. The number of rotatable bonds is 1. The van der Waals surface area contributed by atoms with Crippen LogP contribution in [0.15, 0.2) is 15.2 Å². The van der Waals surface area contributed by atoms with Crippen molar-refractivity contribution >= 4 is 28.2 Å². The maximum absolute atomic E-state index is 12.2. The van der Waals surface area contributed by atoms with E-state index in [0.29, 0.717) is 10.2 Å². The summed E-state index contributed by atoms with van der Waals surface area (Å²) in [7, 11) is 0. The molecule has 6 nitrogen and oxygen atoms in total. The molecule has 1 fully saturated rings. The number of carbonyl (C=O) groups is 1. The quantitative estimate of drug-likeness (QED) is 0.649. The average molecular weight is 413 g/mol. The van der Waals surface area contributed by atoms with Crippen LogP contribution in [0.25, 0.3) is 0 Å². The van der Waals surface area contributed by atoms with E-state index in [1.807, 2.05) is 5.01 Å². The summed E-state index contributed by atoms with van der Waals surface area (Å²) in [4.78, 5) is 16.7. The number of hydrazine groups is 1. The number of halogens is 1. The second kappa shape index (κ2) is 5.30. The molecule has 0 bridgehead atoms. The lowest BCUT2D eigenvalue weighted by atomic mass is 9.48. The lowest BCUT2D eigenvalue weighted by molar-refractivity contribution is -0.330. The Bertz CT molecular complexity index is 679. The van der Waals surface area contributed by atoms with E-state index in [1.165, 1.54) is 6.34 Å². The second-order valence-corrected chi connectivity index (χ2v) is 10.1. The molecule has 0 radical (unpaired) electrons. The van der Waals surface area contributed by atoms with Crippen LogP contribution in [-0.2, 0) is 9.53 Å². The molecule has 1 saturated heterocycles. The van der Waals surface area contributed by atoms with Gasteiger partial charge in [-0.3, -0.25) is 4.79 Å². The lowest BCUT2D eigenvalue weighted by Crippen LogP contribution is -2.71. The molecule has 2 atom stereocenters. The highest BCUT2D eigenvalue weighted by Gasteiger charge is 2.65. The van der Waals surface area contributed by atoms with Crippen LogP contribution >= 0.6 is 15.9 Å². The molecule has 1 amide bonds. The lowest BCUT2D eigenvalue weighted by Gasteiger charge is -2.66. The minimum absolute atomic E-state index is 0.0377. The first-order valence-corrected chi connectivity index (χ1v) is 9.50. The van der Waals surface area contributed by atoms with E-state index in [1.54, 1.807) is 0 Å². The molecule has 0 spiro atoms. The average Bonchev–Trinajstić information content (AvgIpc) is 2.81. The first kappa shape index (κ1) is 18.9. The van der Waals surface area contributed by atoms with Crippen molar-refractivity contribution < 1.29 is 9.53 Å². The number of amides is 1. The van der Waals surface area contributed by atoms with Crippen LogP contribution in [0.3, 0.4) is 0 Å². The van der Waals surface area contributed by atoms with Crippen LogP contribution in [0.4, 0.5) is 0 Å². The topological polar surface area (TPSA) is 66.0 Å². The number of hydrogen-bond donors (Lipinski definition) is 2. The molecule has 25 heavy (non-hydrogen) atoms. The fraction of sp³-hybridized carbons (Fsp3) is 0.778. The van der Waals surface area contributed by atoms with Crippen LogP contribution in [0.2, 0.25) is 0 Å². The standard InChI is InChI=1S/C18H29BrN4O2/c1-15(2)14(25-18(7,8)17(5,6)16(15,3)4)23-12-10(11(19)22-23)13(24)21-9-20-12/h9,12,14,22H,1-8H3,(H,20,21,24)/t12-,14-/m1/s1. The Balaban J connectivity index is 2.05. The number of nitrogens with zero attached hydrogens (tertiary/aromatic N) is 2. The van der Waals surface area contributed by atoms with Crippen molar-refractivity contribution in [2.24, 2.45) is 21.2 Å². The van der Waals surface area contributed by atoms with E-state index in [4.69, 9.17) is 4.74 Å². The Morgan fingerprint density at radius 1 is 1.12 bits per heavy atom. The normalized spacial score (nSPS) is 35.2. The van der Waals surface area contributed by atoms with Gasteiger partial charge in [0.15, 0.2) is 6.17 Å². The number of carbonyl (C=O) groups excluding carboxylic acids is 1. The summed E-state index contributed by atoms with van der Waals surface area (Å²) < 4.78 is 7.31. The molecule has 0 unspecified atom stereocenters. The molecule has 0 saturated carbocycles. The van der Waals surface area contributed by atoms with Crippen LogP contribution < -0.4 is 10.7 Å². The van der Waals surface area contributed by atoms with Crippen molar-refractivity contribution in [2.75, 3.05) is 0 Å². The zero-order chi connectivity index (χ0) is 19.0. The van der Waals surface area contributed by atoms with Crippen molar-refractivity contribution in [1.29, 1.82) is 0 Å². The van der Waals surface area contributed by atoms with Gasteiger partial charge >= 0.3 is 0 Å². The Hall–Kier alpha value is -0.920. The highest BCUT2D eigenvalue weighted by Crippen LogP contribution is 2.63. The molecule has 3 rings (SSSR count). The fourth-order valence-electron chi connectivity index (χ4n) is 4.13. The monoisotopic (exact) mass is 412 g/mol. The molecular weight excluding hydrogens is 384 g/mol. The zero-order valence-electron chi connectivity index (χ0n) is 16.3. The van der Waals surface area contributed by atoms with Crippen LogP contribution in [-0.4, -0.2) is 35.2 Å². The number of fused-ring (bicyclic) bond motifs is 1. The van der Waals surface area contributed by atoms with Crippen molar-refractivity contribution in [1.82, 2.24) is 15.8 Å². The number of aliphatic imine (C=N–C) groups is 1. The van der Waals surface area contributed by atoms with Gasteiger partial charge in [-0.15, -0.1) is 0 Å². The first-order chi connectivity index (χ1) is 11.3. The van der Waals surface area contributed by atoms with Crippen molar-refractivity contribution in [3.8, 4) is 0 Å². The van der Waals surface area contributed by atoms with Gasteiger partial charge < -0.3 is 15.5 Å². The van der Waals surface area contributed by atoms with E-state index < -0.39 is 6.17 Å². The van der Waals surface area contributed by atoms with Gasteiger partial charge in [0.05, 0.1) is 17.5 Å². The molecule has 7 heteroatoms. The molecule has 2 N–H and O–H groups in total. The number of ether oxygens (including phenoxy) is 1. The molecule has 140 valence electrons. The van der Waals surface area contributed by atoms with E-state index in [9.17, 15) is 4.79 Å². The summed E-state index contributed by atoms with van der Waals surface area (Å²) in [5.74, 6) is -0.144. The van der Waals surface area contributed by atoms with Gasteiger partial charge in [0.25, 0.3) is 5.91 Å². The van der Waals surface area contributed by atoms with Gasteiger partial charge in [-0.2, -0.15) is 5.01 Å². The maximum atomic E-state index is 12.2. The van der Waals surface area contributed by atoms with Gasteiger partial charge in [0.1, 0.15) is 10.8 Å². The summed E-state index contributed by atoms with van der Waals surface area (Å²) in [6.45, 7) is 17.9. The van der Waals surface area contributed by atoms with Gasteiger partial charge in [-0.25, -0.2) is 4.99 Å². The highest BCUT2D eigenvalue weighted by molar-refractivity contribution is 9.11. The fourth-order valence-corrected chi connectivity index (χ4v) is 4.72. The van der Waals surface area contributed by atoms with Gasteiger partial charge in [-0.05, 0) is 40.6 Å². The number of hydrogen-bond acceptors (Lipinski definition) is 5. The third-order valence-corrected chi connectivity index (χ3v) is 8.20. The zero-order valence-corrected chi connectivity index (χ0v) is 17.9. The predicted molar refractivity (Wildman–Crippen MR) is 102 cm³/mol. The van der Waals surface area contributed by atoms with Gasteiger partial charge in [0.2, 0.25) is 0 Å². The molecule has 3 aliphatic rings. The second-order valence-electron chi connectivity index (χ2n) is 9.32. The Kier molecular flexibility index (Phi) is 4.00. The van der Waals surface area contributed by atoms with Crippen LogP contribution in [0.5, 0.6) is 0 Å². The van der Waals surface area contributed by atoms with Crippen molar-refractivity contribution in [2.45, 2.75) is 73.4 Å². The highest BCUT2D eigenvalue weighted by atomic mass is 79.9. The molecule has 0 aromatic heterocycles. The third kappa shape index (κ3) is 2.28. The van der Waals surface area contributed by atoms with Crippen molar-refractivity contribution in [3.63, 3.8) is 0 Å².